The van der Waals surface area contributed by atoms with Gasteiger partial charge in [-0.25, -0.2) is 0 Å². The van der Waals surface area contributed by atoms with E-state index in [2.05, 4.69) is 0 Å². The van der Waals surface area contributed by atoms with Gasteiger partial charge in [-0.2, -0.15) is 0 Å². The largest absolute Gasteiger partial charge is 0.481 e. The number of thioether (sulfide) groups is 2. The van der Waals surface area contributed by atoms with Crippen LogP contribution in [0.15, 0.2) is 45.1 Å². The van der Waals surface area contributed by atoms with Crippen molar-refractivity contribution in [2.45, 2.75) is 45.1 Å². The number of carbonyl (C=O) groups is 4. The molecule has 1 amide bonds. The van der Waals surface area contributed by atoms with Crippen molar-refractivity contribution in [3.63, 3.8) is 0 Å². The van der Waals surface area contributed by atoms with E-state index in [4.69, 9.17) is 17.3 Å². The van der Waals surface area contributed by atoms with E-state index >= 15 is 0 Å². The predicted octanol–water partition coefficient (Wildman–Crippen LogP) is 2.56. The summed E-state index contributed by atoms with van der Waals surface area (Å²) < 4.78 is 1.34. The van der Waals surface area contributed by atoms with Crippen LogP contribution in [0.2, 0.25) is 0 Å². The number of amides is 1. The molecule has 42 heavy (non-hydrogen) atoms. The molecule has 2 aliphatic heterocycles. The molecule has 0 unspecified atom stereocenters. The number of nitrogens with zero attached hydrogens (tertiary/aromatic N) is 3. The van der Waals surface area contributed by atoms with Crippen LogP contribution in [0.5, 0.6) is 0 Å². The Bertz CT molecular complexity index is 1720. The molecule has 3 heterocycles. The third-order valence-electron chi connectivity index (χ3n) is 6.24. The van der Waals surface area contributed by atoms with Crippen molar-refractivity contribution in [3.05, 3.63) is 54.9 Å². The average Bonchev–Trinajstić information content (AvgIpc) is 3.48. The van der Waals surface area contributed by atoms with E-state index in [-0.39, 0.29) is 24.8 Å². The molecule has 0 aliphatic carbocycles. The average molecular weight is 650 g/mol. The van der Waals surface area contributed by atoms with Crippen LogP contribution < -0.4 is 19.7 Å². The van der Waals surface area contributed by atoms with Gasteiger partial charge < -0.3 is 20.2 Å². The molecule has 1 aromatic carbocycles. The molecule has 2 aromatic rings. The molecule has 3 N–H and O–H groups in total. The lowest BCUT2D eigenvalue weighted by Crippen LogP contribution is -2.37. The third kappa shape index (κ3) is 6.64. The summed E-state index contributed by atoms with van der Waals surface area (Å²) in [5.74, 6) is -4.15. The van der Waals surface area contributed by atoms with Crippen LogP contribution in [-0.4, -0.2) is 66.0 Å². The van der Waals surface area contributed by atoms with Crippen LogP contribution in [-0.2, 0) is 25.7 Å². The summed E-state index contributed by atoms with van der Waals surface area (Å²) in [4.78, 5) is 65.1. The zero-order chi connectivity index (χ0) is 30.9. The maximum Gasteiger partial charge on any atom is 0.323 e. The van der Waals surface area contributed by atoms with Gasteiger partial charge in [0.25, 0.3) is 11.5 Å². The minimum atomic E-state index is -1.29. The van der Waals surface area contributed by atoms with Gasteiger partial charge in [-0.3, -0.25) is 33.4 Å². The summed E-state index contributed by atoms with van der Waals surface area (Å²) in [6.45, 7) is 4.80. The van der Waals surface area contributed by atoms with Crippen molar-refractivity contribution >= 4 is 91.4 Å². The van der Waals surface area contributed by atoms with Crippen LogP contribution >= 0.6 is 47.1 Å². The smallest absolute Gasteiger partial charge is 0.323 e. The Hall–Kier alpha value is -3.40. The van der Waals surface area contributed by atoms with Gasteiger partial charge in [0.15, 0.2) is 0 Å². The highest BCUT2D eigenvalue weighted by Gasteiger charge is 2.36. The highest BCUT2D eigenvalue weighted by atomic mass is 32.2. The van der Waals surface area contributed by atoms with Crippen molar-refractivity contribution in [2.24, 2.45) is 5.41 Å². The van der Waals surface area contributed by atoms with Crippen molar-refractivity contribution < 1.29 is 34.5 Å². The number of allylic oxidation sites excluding steroid dienone is 1. The second kappa shape index (κ2) is 12.5. The second-order valence-electron chi connectivity index (χ2n) is 10.4. The minimum absolute atomic E-state index is 0.000870. The number of benzene rings is 1. The molecule has 0 spiro atoms. The van der Waals surface area contributed by atoms with Crippen molar-refractivity contribution in [1.29, 1.82) is 0 Å². The Morgan fingerprint density at radius 1 is 0.952 bits per heavy atom. The molecule has 0 radical (unpaired) electrons. The summed E-state index contributed by atoms with van der Waals surface area (Å²) >= 11 is 8.49. The van der Waals surface area contributed by atoms with Gasteiger partial charge in [0.05, 0.1) is 15.2 Å². The molecule has 2 aliphatic rings. The summed E-state index contributed by atoms with van der Waals surface area (Å²) in [6, 6.07) is 7.69. The van der Waals surface area contributed by atoms with Crippen LogP contribution in [0, 0.1) is 5.41 Å². The quantitative estimate of drug-likeness (QED) is 0.342. The van der Waals surface area contributed by atoms with E-state index in [0.29, 0.717) is 18.5 Å². The second-order valence-corrected chi connectivity index (χ2v) is 14.1. The van der Waals surface area contributed by atoms with Gasteiger partial charge >= 0.3 is 17.9 Å². The number of aliphatic carboxylic acids is 3. The number of carboxylic acid groups (broad SMARTS) is 3. The number of anilines is 1. The van der Waals surface area contributed by atoms with E-state index < -0.39 is 47.9 Å². The topological polar surface area (TPSA) is 157 Å². The van der Waals surface area contributed by atoms with Crippen LogP contribution in [0.25, 0.3) is 10.5 Å². The molecule has 11 nitrogen and oxygen atoms in total. The number of thiocarbonyl (C=S) groups is 1. The van der Waals surface area contributed by atoms with Crippen LogP contribution in [0.1, 0.15) is 33.6 Å². The molecular formula is C27H27N3O8S4. The fourth-order valence-corrected chi connectivity index (χ4v) is 8.26. The summed E-state index contributed by atoms with van der Waals surface area (Å²) in [5.41, 5.74) is 0.306. The van der Waals surface area contributed by atoms with Crippen molar-refractivity contribution in [2.75, 3.05) is 18.0 Å². The highest BCUT2D eigenvalue weighted by Crippen LogP contribution is 2.47. The fraction of sp³-hybridized carbons (Fsp3) is 0.333. The molecule has 15 heteroatoms. The first-order chi connectivity index (χ1) is 19.7. The van der Waals surface area contributed by atoms with E-state index in [1.807, 2.05) is 56.0 Å². The van der Waals surface area contributed by atoms with Crippen LogP contribution in [0.3, 0.4) is 0 Å². The Morgan fingerprint density at radius 2 is 1.62 bits per heavy atom. The van der Waals surface area contributed by atoms with Crippen molar-refractivity contribution in [1.82, 2.24) is 9.47 Å². The van der Waals surface area contributed by atoms with Crippen molar-refractivity contribution in [3.8, 4) is 0 Å². The van der Waals surface area contributed by atoms with Crippen LogP contribution in [0.4, 0.5) is 5.69 Å². The molecule has 0 saturated carbocycles. The van der Waals surface area contributed by atoms with E-state index in [9.17, 15) is 34.2 Å². The fourth-order valence-electron chi connectivity index (χ4n) is 4.35. The minimum Gasteiger partial charge on any atom is -0.481 e. The van der Waals surface area contributed by atoms with Gasteiger partial charge in [0.1, 0.15) is 27.0 Å². The Kier molecular flexibility index (Phi) is 9.35. The maximum absolute atomic E-state index is 13.8. The number of para-hydroxylation sites is 1. The Labute approximate surface area is 257 Å². The van der Waals surface area contributed by atoms with Gasteiger partial charge in [-0.05, 0) is 35.6 Å². The lowest BCUT2D eigenvalue weighted by Gasteiger charge is -2.24. The molecule has 1 saturated heterocycles. The summed E-state index contributed by atoms with van der Waals surface area (Å²) in [5, 5.41) is 28.8. The maximum atomic E-state index is 13.8. The number of aromatic nitrogens is 1. The lowest BCUT2D eigenvalue weighted by atomic mass is 9.86. The SMILES string of the molecule is CC(C)(C)C(/C=C1/Sc2ccccc2N1CCCC(=O)O)=c1/s/c(=C2\SC(=S)N(CC(=O)O)C2=O)n(CC(=O)O)c1=O. The standard InChI is InChI=1S/C27H27N3O8S4/c1-27(2,3)14(11-17-28(10-6-9-18(31)32)15-7-4-5-8-16(15)40-17)21-23(37)29(12-19(33)34)25(41-21)22-24(38)30(13-20(35)36)26(39)42-22/h4-5,7-8,11H,6,9-10,12-13H2,1-3H3,(H,31,32)(H,33,34)(H,35,36)/b17-11+,21-14+,25-22-. The number of carboxylic acids is 3. The zero-order valence-corrected chi connectivity index (χ0v) is 26.0. The Balaban J connectivity index is 1.97. The molecule has 4 rings (SSSR count). The van der Waals surface area contributed by atoms with E-state index in [0.717, 1.165) is 48.2 Å². The Morgan fingerprint density at radius 3 is 2.24 bits per heavy atom. The van der Waals surface area contributed by atoms with Gasteiger partial charge in [0.2, 0.25) is 0 Å². The number of hydrogen-bond donors (Lipinski definition) is 3. The van der Waals surface area contributed by atoms with Gasteiger partial charge in [-0.15, -0.1) is 11.3 Å². The first kappa shape index (κ1) is 31.5. The first-order valence-electron chi connectivity index (χ1n) is 12.6. The van der Waals surface area contributed by atoms with E-state index in [1.54, 1.807) is 0 Å². The summed E-state index contributed by atoms with van der Waals surface area (Å²) in [7, 11) is 0. The zero-order valence-electron chi connectivity index (χ0n) is 22.8. The molecular weight excluding hydrogens is 623 g/mol. The van der Waals surface area contributed by atoms with Gasteiger partial charge in [-0.1, -0.05) is 68.6 Å². The first-order valence-corrected chi connectivity index (χ1v) is 15.5. The number of hydrogen-bond acceptors (Lipinski definition) is 10. The monoisotopic (exact) mass is 649 g/mol. The van der Waals surface area contributed by atoms with E-state index in [1.165, 1.54) is 11.8 Å². The molecule has 0 bridgehead atoms. The normalized spacial score (nSPS) is 18.1. The third-order valence-corrected chi connectivity index (χ3v) is 10.1. The number of rotatable bonds is 9. The molecule has 0 atom stereocenters. The molecule has 1 fully saturated rings. The highest BCUT2D eigenvalue weighted by molar-refractivity contribution is 8.30. The van der Waals surface area contributed by atoms with Gasteiger partial charge in [0, 0.05) is 17.9 Å². The lowest BCUT2D eigenvalue weighted by molar-refractivity contribution is -0.140. The number of fused-ring (bicyclic) bond motifs is 1. The predicted molar refractivity (Wildman–Crippen MR) is 166 cm³/mol. The molecule has 222 valence electrons. The molecule has 1 aromatic heterocycles. The number of thiazole rings is 1. The number of carbonyl (C=O) groups excluding carboxylic acids is 1. The summed E-state index contributed by atoms with van der Waals surface area (Å²) in [6.07, 6.45) is 2.25.